The number of anilines is 1. The second-order valence-electron chi connectivity index (χ2n) is 5.72. The van der Waals surface area contributed by atoms with Crippen LogP contribution in [0, 0.1) is 0 Å². The van der Waals surface area contributed by atoms with Crippen LogP contribution in [-0.4, -0.2) is 43.3 Å². The third-order valence-electron chi connectivity index (χ3n) is 3.80. The Hall–Kier alpha value is -1.59. The number of hydrogen-bond acceptors (Lipinski definition) is 3. The van der Waals surface area contributed by atoms with Crippen LogP contribution in [0.1, 0.15) is 32.4 Å². The predicted molar refractivity (Wildman–Crippen MR) is 84.5 cm³/mol. The maximum absolute atomic E-state index is 12.3. The molecule has 1 aromatic carbocycles. The van der Waals surface area contributed by atoms with Crippen molar-refractivity contribution in [2.45, 2.75) is 39.0 Å². The highest BCUT2D eigenvalue weighted by Gasteiger charge is 2.25. The standard InChI is InChI=1S/C16H25N3O2/c1-11-9-19(10-12(2)21-11)16(20)18-15-7-5-14(6-8-15)13(3)17-4/h5-8,11-13,17H,9-10H2,1-4H3,(H,18,20)/t11-,12+,13?. The molecule has 1 fully saturated rings. The Morgan fingerprint density at radius 3 is 2.33 bits per heavy atom. The maximum atomic E-state index is 12.3. The smallest absolute Gasteiger partial charge is 0.322 e. The fourth-order valence-corrected chi connectivity index (χ4v) is 2.57. The lowest BCUT2D eigenvalue weighted by molar-refractivity contribution is -0.0530. The van der Waals surface area contributed by atoms with E-state index in [0.717, 1.165) is 5.69 Å². The summed E-state index contributed by atoms with van der Waals surface area (Å²) in [6.45, 7) is 7.34. The molecule has 1 aliphatic heterocycles. The zero-order valence-corrected chi connectivity index (χ0v) is 13.2. The van der Waals surface area contributed by atoms with E-state index < -0.39 is 0 Å². The highest BCUT2D eigenvalue weighted by molar-refractivity contribution is 5.89. The Morgan fingerprint density at radius 2 is 1.81 bits per heavy atom. The van der Waals surface area contributed by atoms with Crippen LogP contribution >= 0.6 is 0 Å². The zero-order valence-electron chi connectivity index (χ0n) is 13.2. The molecule has 1 aliphatic rings. The molecule has 0 radical (unpaired) electrons. The van der Waals surface area contributed by atoms with Gasteiger partial charge < -0.3 is 20.3 Å². The molecule has 0 bridgehead atoms. The van der Waals surface area contributed by atoms with Gasteiger partial charge in [-0.05, 0) is 45.5 Å². The van der Waals surface area contributed by atoms with E-state index in [4.69, 9.17) is 4.74 Å². The molecule has 5 nitrogen and oxygen atoms in total. The number of morpholine rings is 1. The van der Waals surface area contributed by atoms with Gasteiger partial charge in [-0.15, -0.1) is 0 Å². The molecule has 1 heterocycles. The fourth-order valence-electron chi connectivity index (χ4n) is 2.57. The molecule has 3 atom stereocenters. The van der Waals surface area contributed by atoms with Crippen molar-refractivity contribution in [3.8, 4) is 0 Å². The number of nitrogens with one attached hydrogen (secondary N) is 2. The Bertz CT molecular complexity index is 465. The second-order valence-corrected chi connectivity index (χ2v) is 5.72. The number of nitrogens with zero attached hydrogens (tertiary/aromatic N) is 1. The van der Waals surface area contributed by atoms with Gasteiger partial charge >= 0.3 is 6.03 Å². The molecule has 116 valence electrons. The third-order valence-corrected chi connectivity index (χ3v) is 3.80. The lowest BCUT2D eigenvalue weighted by atomic mass is 10.1. The van der Waals surface area contributed by atoms with Crippen molar-refractivity contribution >= 4 is 11.7 Å². The van der Waals surface area contributed by atoms with Crippen LogP contribution < -0.4 is 10.6 Å². The molecule has 5 heteroatoms. The molecule has 2 rings (SSSR count). The second kappa shape index (κ2) is 6.91. The Labute approximate surface area is 126 Å². The summed E-state index contributed by atoms with van der Waals surface area (Å²) in [6.07, 6.45) is 0.164. The number of carbonyl (C=O) groups is 1. The van der Waals surface area contributed by atoms with Crippen molar-refractivity contribution < 1.29 is 9.53 Å². The molecule has 0 saturated carbocycles. The van der Waals surface area contributed by atoms with E-state index in [2.05, 4.69) is 17.6 Å². The molecular formula is C16H25N3O2. The van der Waals surface area contributed by atoms with Gasteiger partial charge in [0.05, 0.1) is 12.2 Å². The van der Waals surface area contributed by atoms with Crippen molar-refractivity contribution in [2.24, 2.45) is 0 Å². The summed E-state index contributed by atoms with van der Waals surface area (Å²) in [5.41, 5.74) is 2.02. The average molecular weight is 291 g/mol. The summed E-state index contributed by atoms with van der Waals surface area (Å²) in [6, 6.07) is 8.17. The first-order chi connectivity index (χ1) is 9.99. The minimum Gasteiger partial charge on any atom is -0.372 e. The minimum absolute atomic E-state index is 0.0635. The topological polar surface area (TPSA) is 53.6 Å². The van der Waals surface area contributed by atoms with E-state index in [1.807, 2.05) is 50.1 Å². The normalized spacial score (nSPS) is 23.7. The van der Waals surface area contributed by atoms with Gasteiger partial charge in [-0.1, -0.05) is 12.1 Å². The zero-order chi connectivity index (χ0) is 15.4. The summed E-state index contributed by atoms with van der Waals surface area (Å²) < 4.78 is 5.64. The summed E-state index contributed by atoms with van der Waals surface area (Å²) in [4.78, 5) is 14.1. The van der Waals surface area contributed by atoms with Crippen LogP contribution in [-0.2, 0) is 4.74 Å². The summed E-state index contributed by atoms with van der Waals surface area (Å²) in [5, 5.41) is 6.14. The van der Waals surface area contributed by atoms with Gasteiger partial charge in [0.15, 0.2) is 0 Å². The lowest BCUT2D eigenvalue weighted by Gasteiger charge is -2.35. The first-order valence-electron chi connectivity index (χ1n) is 7.48. The van der Waals surface area contributed by atoms with E-state index in [9.17, 15) is 4.79 Å². The molecule has 1 aromatic rings. The molecule has 2 amide bonds. The number of carbonyl (C=O) groups excluding carboxylic acids is 1. The van der Waals surface area contributed by atoms with Crippen molar-refractivity contribution in [3.63, 3.8) is 0 Å². The Kier molecular flexibility index (Phi) is 5.20. The lowest BCUT2D eigenvalue weighted by Crippen LogP contribution is -2.49. The third kappa shape index (κ3) is 4.19. The van der Waals surface area contributed by atoms with Crippen LogP contribution in [0.5, 0.6) is 0 Å². The molecule has 1 saturated heterocycles. The van der Waals surface area contributed by atoms with Crippen LogP contribution in [0.4, 0.5) is 10.5 Å². The quantitative estimate of drug-likeness (QED) is 0.900. The molecule has 21 heavy (non-hydrogen) atoms. The van der Waals surface area contributed by atoms with Gasteiger partial charge in [-0.3, -0.25) is 0 Å². The molecule has 0 aromatic heterocycles. The number of benzene rings is 1. The SMILES string of the molecule is CNC(C)c1ccc(NC(=O)N2C[C@@H](C)O[C@@H](C)C2)cc1. The van der Waals surface area contributed by atoms with Gasteiger partial charge in [0.1, 0.15) is 0 Å². The Morgan fingerprint density at radius 1 is 1.24 bits per heavy atom. The first-order valence-corrected chi connectivity index (χ1v) is 7.48. The number of amides is 2. The van der Waals surface area contributed by atoms with Gasteiger partial charge in [0.25, 0.3) is 0 Å². The maximum Gasteiger partial charge on any atom is 0.322 e. The van der Waals surface area contributed by atoms with Crippen LogP contribution in [0.2, 0.25) is 0 Å². The van der Waals surface area contributed by atoms with E-state index in [1.54, 1.807) is 0 Å². The molecular weight excluding hydrogens is 266 g/mol. The van der Waals surface area contributed by atoms with Crippen LogP contribution in [0.3, 0.4) is 0 Å². The molecule has 0 aliphatic carbocycles. The van der Waals surface area contributed by atoms with E-state index in [-0.39, 0.29) is 18.2 Å². The van der Waals surface area contributed by atoms with Gasteiger partial charge in [-0.25, -0.2) is 4.79 Å². The van der Waals surface area contributed by atoms with Crippen molar-refractivity contribution in [3.05, 3.63) is 29.8 Å². The number of ether oxygens (including phenoxy) is 1. The molecule has 0 spiro atoms. The van der Waals surface area contributed by atoms with Gasteiger partial charge in [0, 0.05) is 24.8 Å². The molecule has 1 unspecified atom stereocenters. The highest BCUT2D eigenvalue weighted by atomic mass is 16.5. The number of rotatable bonds is 3. The van der Waals surface area contributed by atoms with Gasteiger partial charge in [-0.2, -0.15) is 0 Å². The minimum atomic E-state index is -0.0635. The van der Waals surface area contributed by atoms with E-state index in [1.165, 1.54) is 5.56 Å². The first kappa shape index (κ1) is 15.8. The largest absolute Gasteiger partial charge is 0.372 e. The summed E-state index contributed by atoms with van der Waals surface area (Å²) >= 11 is 0. The highest BCUT2D eigenvalue weighted by Crippen LogP contribution is 2.17. The van der Waals surface area contributed by atoms with Gasteiger partial charge in [0.2, 0.25) is 0 Å². The summed E-state index contributed by atoms with van der Waals surface area (Å²) in [5.74, 6) is 0. The van der Waals surface area contributed by atoms with E-state index >= 15 is 0 Å². The monoisotopic (exact) mass is 291 g/mol. The number of hydrogen-bond donors (Lipinski definition) is 2. The average Bonchev–Trinajstić information content (AvgIpc) is 2.46. The predicted octanol–water partition coefficient (Wildman–Crippen LogP) is 2.61. The summed E-state index contributed by atoms with van der Waals surface area (Å²) in [7, 11) is 1.93. The fraction of sp³-hybridized carbons (Fsp3) is 0.562. The van der Waals surface area contributed by atoms with Crippen molar-refractivity contribution in [2.75, 3.05) is 25.5 Å². The van der Waals surface area contributed by atoms with Crippen molar-refractivity contribution in [1.29, 1.82) is 0 Å². The van der Waals surface area contributed by atoms with E-state index in [0.29, 0.717) is 19.1 Å². The van der Waals surface area contributed by atoms with Crippen LogP contribution in [0.25, 0.3) is 0 Å². The van der Waals surface area contributed by atoms with Crippen LogP contribution in [0.15, 0.2) is 24.3 Å². The molecule has 2 N–H and O–H groups in total. The Balaban J connectivity index is 1.96. The number of urea groups is 1. The van der Waals surface area contributed by atoms with Crippen molar-refractivity contribution in [1.82, 2.24) is 10.2 Å².